The van der Waals surface area contributed by atoms with E-state index in [2.05, 4.69) is 105 Å². The van der Waals surface area contributed by atoms with E-state index in [-0.39, 0.29) is 168 Å². The van der Waals surface area contributed by atoms with Crippen LogP contribution in [0.2, 0.25) is 0 Å². The van der Waals surface area contributed by atoms with E-state index in [4.69, 9.17) is 120 Å². The van der Waals surface area contributed by atoms with Gasteiger partial charge in [-0.2, -0.15) is 25.5 Å². The number of nitrogens with zero attached hydrogens (tertiary/aromatic N) is 25. The highest BCUT2D eigenvalue weighted by Gasteiger charge is 2.31. The summed E-state index contributed by atoms with van der Waals surface area (Å²) in [6.07, 6.45) is 9.64. The second-order valence-electron chi connectivity index (χ2n) is 27.8. The Labute approximate surface area is 697 Å². The molecule has 1 unspecified atom stereocenters. The van der Waals surface area contributed by atoms with E-state index in [0.717, 1.165) is 56.6 Å². The largest absolute Gasteiger partial charge is 1.00 e. The van der Waals surface area contributed by atoms with Crippen LogP contribution in [0.3, 0.4) is 0 Å². The Bertz CT molecular complexity index is 4840. The number of nitrogens with two attached hydrogens (primary N) is 10. The number of rotatable bonds is 23. The SMILES string of the molecule is C.CN(C)c1nc(N=C2C=NN(CCO)C2=N)c(N)cc1N.C[N+]1(C)CCN(c2nc(N=C3C=NN(CCO)C3=N)c(N)cc2N)CC1.N=C1C(=Nc2nc(N3CCC(O)C3)c(N)cc2N)C=NN1CCO.N=C1C(=Nc2nc(N3CCCC3)c(N)cc2N)C=NN1CCO.N=C1C(=Nc2nc(NC(CO)CO)c(N)cc2N)C=NN1CCO.[Cl-]. The topological polar surface area (TPSA) is 771 Å². The third kappa shape index (κ3) is 23.6. The molecule has 648 valence electrons. The Hall–Kier alpha value is -13.3. The van der Waals surface area contributed by atoms with Gasteiger partial charge in [0, 0.05) is 40.3 Å². The molecule has 13 rings (SSSR count). The predicted molar refractivity (Wildman–Crippen MR) is 472 cm³/mol. The first kappa shape index (κ1) is 93.9. The standard InChI is InChI=1S/C16H26N9O.C14H20N8O2.C14H20N8O.C13H20N8O3.C12H18N8O.CH4.ClH/c1-25(2)6-3-23(4-7-25)16-12(18)9-11(17)15(22-16)21-13-10-20-24(5-8-26)14(13)19;15-9-5-10(16)14(21-2-1-8(24)7-21)20-13(9)19-11-6-18-22(3-4-23)12(11)17;15-9-7-10(16)14(21-3-1-2-4-21)20-13(9)19-11-8-18-22(5-6-23)12(11)17;14-8-3-9(15)13(20-12(8)18-7(5-23)6-24)19-10-4-17-21(1-2-22)11(10)16;1-19(2)12-8(14)5-7(13)11(18-12)17-9-6-16-20(3-4-21)10(9)15;;/h9-10,19,26H,3-8,17-18H2,1-2H3;5-6,8,17,23-24H,1-4,7,15-16H2;7-8,17,23H,1-6,15-16H2;3-4,7,16,22-24H,1-2,5-6,14-15H2,(H,18,20);5-6,15,21H,3-4,13-14H2,1-2H3;1H4;1H/q+1;;;;;;/p-1. The molecule has 34 N–H and O–H groups in total. The lowest BCUT2D eigenvalue weighted by atomic mass is 10.2. The molecule has 50 heteroatoms. The molecule has 49 nitrogen and oxygen atoms in total. The van der Waals surface area contributed by atoms with Crippen molar-refractivity contribution in [1.29, 1.82) is 27.0 Å². The van der Waals surface area contributed by atoms with Crippen molar-refractivity contribution < 1.29 is 57.7 Å². The summed E-state index contributed by atoms with van der Waals surface area (Å²) in [6.45, 7) is 6.63. The van der Waals surface area contributed by atoms with Crippen molar-refractivity contribution in [3.05, 3.63) is 30.3 Å². The number of likely N-dealkylation sites (N-methyl/N-ethyl adjacent to an activating group) is 1. The second-order valence-corrected chi connectivity index (χ2v) is 27.8. The number of amidine groups is 5. The van der Waals surface area contributed by atoms with Gasteiger partial charge < -0.3 is 140 Å². The third-order valence-corrected chi connectivity index (χ3v) is 18.3. The lowest BCUT2D eigenvalue weighted by Gasteiger charge is -2.39. The van der Waals surface area contributed by atoms with E-state index < -0.39 is 12.1 Å². The normalized spacial score (nSPS) is 18.7. The number of piperazine rings is 1. The molecular formula is C70H108ClN41O8. The number of nitrogens with one attached hydrogen (secondary N) is 6. The highest BCUT2D eigenvalue weighted by molar-refractivity contribution is 6.65. The first-order valence-corrected chi connectivity index (χ1v) is 37.0. The Kier molecular flexibility index (Phi) is 33.4. The van der Waals surface area contributed by atoms with Crippen molar-refractivity contribution in [3.63, 3.8) is 0 Å². The van der Waals surface area contributed by atoms with Crippen LogP contribution in [0.15, 0.2) is 80.8 Å². The van der Waals surface area contributed by atoms with E-state index in [1.807, 2.05) is 19.0 Å². The fourth-order valence-corrected chi connectivity index (χ4v) is 11.9. The molecule has 3 fully saturated rings. The van der Waals surface area contributed by atoms with Gasteiger partial charge in [-0.1, -0.05) is 7.43 Å². The smallest absolute Gasteiger partial charge is 0.178 e. The molecule has 120 heavy (non-hydrogen) atoms. The number of quaternary nitrogens is 1. The highest BCUT2D eigenvalue weighted by Crippen LogP contribution is 2.37. The number of anilines is 15. The lowest BCUT2D eigenvalue weighted by Crippen LogP contribution is -3.00. The first-order valence-electron chi connectivity index (χ1n) is 37.0. The molecule has 13 heterocycles. The van der Waals surface area contributed by atoms with Gasteiger partial charge in [0.2, 0.25) is 0 Å². The molecule has 0 saturated carbocycles. The number of aliphatic imine (C=N–C) groups is 5. The van der Waals surface area contributed by atoms with E-state index >= 15 is 0 Å². The number of aromatic nitrogens is 5. The molecule has 8 aliphatic rings. The van der Waals surface area contributed by atoms with Crippen LogP contribution in [0.25, 0.3) is 0 Å². The van der Waals surface area contributed by atoms with Crippen LogP contribution in [0.4, 0.5) is 115 Å². The lowest BCUT2D eigenvalue weighted by molar-refractivity contribution is -0.890. The average Bonchev–Trinajstić information content (AvgIpc) is 1.49. The number of aliphatic hydroxyl groups is 8. The Morgan fingerprint density at radius 2 is 0.717 bits per heavy atom. The van der Waals surface area contributed by atoms with Gasteiger partial charge >= 0.3 is 0 Å². The van der Waals surface area contributed by atoms with Gasteiger partial charge in [-0.15, -0.1) is 0 Å². The number of hydrogen-bond acceptors (Lipinski definition) is 43. The summed E-state index contributed by atoms with van der Waals surface area (Å²) in [6, 6.07) is 7.30. The zero-order chi connectivity index (χ0) is 85.8. The van der Waals surface area contributed by atoms with Crippen molar-refractivity contribution in [3.8, 4) is 0 Å². The first-order chi connectivity index (χ1) is 56.3. The maximum absolute atomic E-state index is 9.69. The van der Waals surface area contributed by atoms with Gasteiger partial charge in [-0.3, -0.25) is 27.0 Å². The fourth-order valence-electron chi connectivity index (χ4n) is 11.9. The van der Waals surface area contributed by atoms with Gasteiger partial charge in [0.1, 0.15) is 28.6 Å². The van der Waals surface area contributed by atoms with Crippen LogP contribution in [-0.2, 0) is 0 Å². The van der Waals surface area contributed by atoms with Gasteiger partial charge in [0.05, 0.1) is 219 Å². The summed E-state index contributed by atoms with van der Waals surface area (Å²) in [5.74, 6) is 4.35. The minimum Gasteiger partial charge on any atom is -1.00 e. The minimum atomic E-state index is -0.629. The van der Waals surface area contributed by atoms with Crippen LogP contribution in [0.5, 0.6) is 0 Å². The van der Waals surface area contributed by atoms with Crippen molar-refractivity contribution in [2.24, 2.45) is 50.5 Å². The van der Waals surface area contributed by atoms with Crippen LogP contribution in [-0.4, -0.2) is 356 Å². The Morgan fingerprint density at radius 3 is 1.02 bits per heavy atom. The molecule has 5 aromatic heterocycles. The highest BCUT2D eigenvalue weighted by atomic mass is 35.5. The van der Waals surface area contributed by atoms with Crippen LogP contribution in [0, 0.1) is 27.0 Å². The van der Waals surface area contributed by atoms with Crippen LogP contribution >= 0.6 is 0 Å². The summed E-state index contributed by atoms with van der Waals surface area (Å²) in [5, 5.41) is 142. The number of pyridine rings is 5. The second kappa shape index (κ2) is 42.7. The molecule has 8 aliphatic heterocycles. The number of aliphatic hydroxyl groups excluding tert-OH is 8. The minimum absolute atomic E-state index is 0. The molecular weight excluding hydrogens is 1580 g/mol. The number of nitrogen functional groups attached to an aromatic ring is 10. The monoisotopic (exact) mass is 1690 g/mol. The zero-order valence-corrected chi connectivity index (χ0v) is 66.9. The number of halogens is 1. The molecule has 0 bridgehead atoms. The molecule has 0 aliphatic carbocycles. The van der Waals surface area contributed by atoms with E-state index in [1.165, 1.54) is 62.2 Å². The van der Waals surface area contributed by atoms with Crippen molar-refractivity contribution in [1.82, 2.24) is 50.0 Å². The maximum atomic E-state index is 9.69. The molecule has 1 atom stereocenters. The maximum Gasteiger partial charge on any atom is 0.178 e. The Balaban J connectivity index is 0.000000206. The van der Waals surface area contributed by atoms with Crippen LogP contribution < -0.4 is 94.7 Å². The quantitative estimate of drug-likeness (QED) is 0.0271. The molecule has 0 spiro atoms. The van der Waals surface area contributed by atoms with Gasteiger partial charge in [0.25, 0.3) is 0 Å². The van der Waals surface area contributed by atoms with Gasteiger partial charge in [0.15, 0.2) is 87.4 Å². The molecule has 0 aromatic carbocycles. The van der Waals surface area contributed by atoms with Gasteiger partial charge in [-0.25, -0.2) is 74.9 Å². The van der Waals surface area contributed by atoms with Gasteiger partial charge in [-0.05, 0) is 49.6 Å². The third-order valence-electron chi connectivity index (χ3n) is 18.3. The molecule has 5 aromatic rings. The summed E-state index contributed by atoms with van der Waals surface area (Å²) in [5.41, 5.74) is 64.8. The molecule has 0 radical (unpaired) electrons. The number of β-amino-alcohol motifs (C(OH)–C–C–N with tert-alkyl or cyclic N) is 6. The number of hydrogen-bond donors (Lipinski definition) is 24. The molecule has 0 amide bonds. The summed E-state index contributed by atoms with van der Waals surface area (Å²) in [7, 11) is 8.04. The summed E-state index contributed by atoms with van der Waals surface area (Å²) < 4.78 is 0.967. The zero-order valence-electron chi connectivity index (χ0n) is 66.1. The van der Waals surface area contributed by atoms with Crippen LogP contribution in [0.1, 0.15) is 26.7 Å². The van der Waals surface area contributed by atoms with E-state index in [1.54, 1.807) is 29.2 Å². The van der Waals surface area contributed by atoms with E-state index in [0.29, 0.717) is 123 Å². The fraction of sp³-hybridized carbons (Fsp3) is 0.429. The summed E-state index contributed by atoms with van der Waals surface area (Å²) in [4.78, 5) is 51.3. The number of hydrazone groups is 5. The summed E-state index contributed by atoms with van der Waals surface area (Å²) >= 11 is 0. The van der Waals surface area contributed by atoms with E-state index in [9.17, 15) is 5.11 Å². The molecule has 3 saturated heterocycles. The van der Waals surface area contributed by atoms with Crippen molar-refractivity contribution in [2.45, 2.75) is 38.8 Å². The predicted octanol–water partition coefficient (Wildman–Crippen LogP) is -5.51. The Morgan fingerprint density at radius 1 is 0.425 bits per heavy atom. The van der Waals surface area contributed by atoms with Crippen molar-refractivity contribution >= 4 is 204 Å². The average molecular weight is 1690 g/mol. The van der Waals surface area contributed by atoms with Crippen molar-refractivity contribution in [2.75, 3.05) is 242 Å².